The van der Waals surface area contributed by atoms with Crippen molar-refractivity contribution in [3.05, 3.63) is 57.6 Å². The summed E-state index contributed by atoms with van der Waals surface area (Å²) >= 11 is 0. The van der Waals surface area contributed by atoms with Crippen molar-refractivity contribution in [3.63, 3.8) is 0 Å². The molecule has 1 amide bonds. The van der Waals surface area contributed by atoms with Gasteiger partial charge in [0.2, 0.25) is 6.79 Å². The maximum absolute atomic E-state index is 12.3. The largest absolute Gasteiger partial charge is 0.454 e. The van der Waals surface area contributed by atoms with Crippen LogP contribution in [-0.4, -0.2) is 50.1 Å². The lowest BCUT2D eigenvalue weighted by Gasteiger charge is -2.29. The Morgan fingerprint density at radius 1 is 1.14 bits per heavy atom. The molecule has 150 valence electrons. The smallest absolute Gasteiger partial charge is 0.271 e. The molecular formula is C19H18N4O6. The number of carbonyl (C=O) groups is 1. The molecule has 0 bridgehead atoms. The molecule has 2 heterocycles. The summed E-state index contributed by atoms with van der Waals surface area (Å²) in [6.07, 6.45) is 1.41. The number of nitrogens with zero attached hydrogens (tertiary/aromatic N) is 3. The lowest BCUT2D eigenvalue weighted by molar-refractivity contribution is -0.384. The average Bonchev–Trinajstić information content (AvgIpc) is 3.22. The van der Waals surface area contributed by atoms with Gasteiger partial charge >= 0.3 is 0 Å². The van der Waals surface area contributed by atoms with Gasteiger partial charge in [0.1, 0.15) is 0 Å². The zero-order chi connectivity index (χ0) is 20.2. The van der Waals surface area contributed by atoms with Crippen LogP contribution in [-0.2, 0) is 4.74 Å². The SMILES string of the molecule is O=C(N/N=C\c1cc([N+](=O)[O-])ccc1N1CCOCC1)c1ccc2c(c1)OCO2. The Morgan fingerprint density at radius 3 is 2.72 bits per heavy atom. The number of benzene rings is 2. The van der Waals surface area contributed by atoms with Gasteiger partial charge in [-0.3, -0.25) is 14.9 Å². The fraction of sp³-hybridized carbons (Fsp3) is 0.263. The lowest BCUT2D eigenvalue weighted by atomic mass is 10.1. The molecule has 0 spiro atoms. The van der Waals surface area contributed by atoms with Crippen LogP contribution in [0.4, 0.5) is 11.4 Å². The van der Waals surface area contributed by atoms with Crippen molar-refractivity contribution in [2.75, 3.05) is 38.0 Å². The number of hydrazone groups is 1. The standard InChI is InChI=1S/C19H18N4O6/c24-19(13-1-4-17-18(10-13)29-12-28-17)21-20-11-14-9-15(23(25)26)2-3-16(14)22-5-7-27-8-6-22/h1-4,9-11H,5-8,12H2,(H,21,24)/b20-11-. The molecule has 0 unspecified atom stereocenters. The molecule has 0 aliphatic carbocycles. The summed E-state index contributed by atoms with van der Waals surface area (Å²) in [6, 6.07) is 9.39. The molecule has 0 saturated carbocycles. The summed E-state index contributed by atoms with van der Waals surface area (Å²) in [6.45, 7) is 2.61. The van der Waals surface area contributed by atoms with E-state index in [4.69, 9.17) is 14.2 Å². The van der Waals surface area contributed by atoms with Crippen LogP contribution < -0.4 is 19.8 Å². The number of nitro benzene ring substituents is 1. The first-order valence-corrected chi connectivity index (χ1v) is 8.96. The molecule has 0 aromatic heterocycles. The zero-order valence-electron chi connectivity index (χ0n) is 15.4. The van der Waals surface area contributed by atoms with Crippen LogP contribution in [0.5, 0.6) is 11.5 Å². The number of amides is 1. The minimum Gasteiger partial charge on any atom is -0.454 e. The molecule has 10 heteroatoms. The Hall–Kier alpha value is -3.66. The number of morpholine rings is 1. The van der Waals surface area contributed by atoms with Crippen molar-refractivity contribution < 1.29 is 23.9 Å². The van der Waals surface area contributed by atoms with Crippen LogP contribution >= 0.6 is 0 Å². The molecule has 2 aromatic rings. The van der Waals surface area contributed by atoms with Gasteiger partial charge in [0.25, 0.3) is 11.6 Å². The van der Waals surface area contributed by atoms with Crippen LogP contribution in [0.2, 0.25) is 0 Å². The highest BCUT2D eigenvalue weighted by molar-refractivity contribution is 5.96. The summed E-state index contributed by atoms with van der Waals surface area (Å²) < 4.78 is 15.8. The first-order valence-electron chi connectivity index (χ1n) is 8.96. The summed E-state index contributed by atoms with van der Waals surface area (Å²) in [5.74, 6) is 0.643. The van der Waals surface area contributed by atoms with Crippen molar-refractivity contribution >= 4 is 23.5 Å². The van der Waals surface area contributed by atoms with Gasteiger partial charge in [-0.05, 0) is 24.3 Å². The number of non-ortho nitro benzene ring substituents is 1. The fourth-order valence-electron chi connectivity index (χ4n) is 3.11. The summed E-state index contributed by atoms with van der Waals surface area (Å²) in [5.41, 5.74) is 4.07. The number of anilines is 1. The third-order valence-corrected chi connectivity index (χ3v) is 4.58. The van der Waals surface area contributed by atoms with Crippen molar-refractivity contribution in [3.8, 4) is 11.5 Å². The highest BCUT2D eigenvalue weighted by Gasteiger charge is 2.18. The molecule has 10 nitrogen and oxygen atoms in total. The molecule has 4 rings (SSSR count). The van der Waals surface area contributed by atoms with Crippen LogP contribution in [0.3, 0.4) is 0 Å². The monoisotopic (exact) mass is 398 g/mol. The number of rotatable bonds is 5. The second-order valence-corrected chi connectivity index (χ2v) is 6.37. The van der Waals surface area contributed by atoms with Gasteiger partial charge in [0.15, 0.2) is 11.5 Å². The van der Waals surface area contributed by atoms with Crippen LogP contribution in [0.15, 0.2) is 41.5 Å². The first kappa shape index (κ1) is 18.7. The first-order chi connectivity index (χ1) is 14.1. The minimum atomic E-state index is -0.467. The number of carbonyl (C=O) groups excluding carboxylic acids is 1. The molecule has 1 fully saturated rings. The Balaban J connectivity index is 1.52. The van der Waals surface area contributed by atoms with E-state index in [1.165, 1.54) is 18.3 Å². The third kappa shape index (κ3) is 4.11. The Bertz CT molecular complexity index is 971. The maximum Gasteiger partial charge on any atom is 0.271 e. The van der Waals surface area contributed by atoms with E-state index in [0.29, 0.717) is 48.9 Å². The van der Waals surface area contributed by atoms with E-state index in [1.54, 1.807) is 24.3 Å². The minimum absolute atomic E-state index is 0.0504. The van der Waals surface area contributed by atoms with E-state index >= 15 is 0 Å². The summed E-state index contributed by atoms with van der Waals surface area (Å²) in [4.78, 5) is 25.1. The number of hydrogen-bond acceptors (Lipinski definition) is 8. The maximum atomic E-state index is 12.3. The van der Waals surface area contributed by atoms with Crippen LogP contribution in [0, 0.1) is 10.1 Å². The van der Waals surface area contributed by atoms with Crippen molar-refractivity contribution in [1.29, 1.82) is 0 Å². The normalized spacial score (nSPS) is 15.5. The van der Waals surface area contributed by atoms with Crippen molar-refractivity contribution in [2.24, 2.45) is 5.10 Å². The molecular weight excluding hydrogens is 380 g/mol. The third-order valence-electron chi connectivity index (χ3n) is 4.58. The van der Waals surface area contributed by atoms with Gasteiger partial charge in [0.05, 0.1) is 24.4 Å². The van der Waals surface area contributed by atoms with Crippen molar-refractivity contribution in [2.45, 2.75) is 0 Å². The average molecular weight is 398 g/mol. The van der Waals surface area contributed by atoms with Gasteiger partial charge in [-0.1, -0.05) is 0 Å². The zero-order valence-corrected chi connectivity index (χ0v) is 15.4. The molecule has 1 N–H and O–H groups in total. The molecule has 0 atom stereocenters. The summed E-state index contributed by atoms with van der Waals surface area (Å²) in [7, 11) is 0. The number of nitrogens with one attached hydrogen (secondary N) is 1. The Morgan fingerprint density at radius 2 is 1.93 bits per heavy atom. The number of ether oxygens (including phenoxy) is 3. The van der Waals surface area contributed by atoms with Gasteiger partial charge in [0, 0.05) is 42.0 Å². The predicted molar refractivity (Wildman–Crippen MR) is 104 cm³/mol. The van der Waals surface area contributed by atoms with Gasteiger partial charge in [-0.25, -0.2) is 5.43 Å². The quantitative estimate of drug-likeness (QED) is 0.465. The van der Waals surface area contributed by atoms with Gasteiger partial charge < -0.3 is 19.1 Å². The Kier molecular flexibility index (Phi) is 5.25. The second-order valence-electron chi connectivity index (χ2n) is 6.37. The molecule has 2 aromatic carbocycles. The topological polar surface area (TPSA) is 116 Å². The molecule has 1 saturated heterocycles. The number of fused-ring (bicyclic) bond motifs is 1. The van der Waals surface area contributed by atoms with E-state index < -0.39 is 10.8 Å². The number of nitro groups is 1. The van der Waals surface area contributed by atoms with E-state index in [9.17, 15) is 14.9 Å². The van der Waals surface area contributed by atoms with E-state index in [1.807, 2.05) is 0 Å². The van der Waals surface area contributed by atoms with Gasteiger partial charge in [-0.15, -0.1) is 0 Å². The fourth-order valence-corrected chi connectivity index (χ4v) is 3.11. The predicted octanol–water partition coefficient (Wildman–Crippen LogP) is 1.92. The second kappa shape index (κ2) is 8.15. The molecule has 0 radical (unpaired) electrons. The highest BCUT2D eigenvalue weighted by atomic mass is 16.7. The molecule has 29 heavy (non-hydrogen) atoms. The van der Waals surface area contributed by atoms with Crippen molar-refractivity contribution in [1.82, 2.24) is 5.43 Å². The number of hydrogen-bond donors (Lipinski definition) is 1. The Labute approximate surface area is 165 Å². The van der Waals surface area contributed by atoms with Crippen LogP contribution in [0.25, 0.3) is 0 Å². The molecule has 2 aliphatic rings. The summed E-state index contributed by atoms with van der Waals surface area (Å²) in [5, 5.41) is 15.1. The van der Waals surface area contributed by atoms with E-state index in [0.717, 1.165) is 5.69 Å². The van der Waals surface area contributed by atoms with Crippen LogP contribution in [0.1, 0.15) is 15.9 Å². The van der Waals surface area contributed by atoms with E-state index in [2.05, 4.69) is 15.4 Å². The molecule has 2 aliphatic heterocycles. The highest BCUT2D eigenvalue weighted by Crippen LogP contribution is 2.32. The lowest BCUT2D eigenvalue weighted by Crippen LogP contribution is -2.36. The van der Waals surface area contributed by atoms with E-state index in [-0.39, 0.29) is 12.5 Å². The van der Waals surface area contributed by atoms with Gasteiger partial charge in [-0.2, -0.15) is 5.10 Å².